The van der Waals surface area contributed by atoms with Gasteiger partial charge in [-0.1, -0.05) is 0 Å². The van der Waals surface area contributed by atoms with Gasteiger partial charge in [-0.25, -0.2) is 0 Å². The van der Waals surface area contributed by atoms with Gasteiger partial charge in [0.15, 0.2) is 0 Å². The van der Waals surface area contributed by atoms with Crippen LogP contribution in [-0.2, 0) is 0 Å². The van der Waals surface area contributed by atoms with Crippen molar-refractivity contribution in [3.63, 3.8) is 0 Å². The maximum absolute atomic E-state index is 2.60. The summed E-state index contributed by atoms with van der Waals surface area (Å²) in [6, 6.07) is 1.32. The Hall–Kier alpha value is -0.0800. The number of nitrogens with zero attached hydrogens (tertiary/aromatic N) is 2. The average Bonchev–Trinajstić information content (AvgIpc) is 2.79. The van der Waals surface area contributed by atoms with Crippen LogP contribution in [0.15, 0.2) is 0 Å². The Labute approximate surface area is 89.3 Å². The molecule has 0 aromatic carbocycles. The third-order valence-corrected chi connectivity index (χ3v) is 3.58. The van der Waals surface area contributed by atoms with E-state index in [1.165, 1.54) is 19.4 Å². The summed E-state index contributed by atoms with van der Waals surface area (Å²) in [5, 5.41) is 0. The van der Waals surface area contributed by atoms with Crippen molar-refractivity contribution in [1.29, 1.82) is 0 Å². The normalized spacial score (nSPS) is 20.1. The molecule has 14 heavy (non-hydrogen) atoms. The molecule has 0 heterocycles. The van der Waals surface area contributed by atoms with Crippen molar-refractivity contribution in [2.24, 2.45) is 0 Å². The molecule has 0 atom stereocenters. The monoisotopic (exact) mass is 198 g/mol. The first kappa shape index (κ1) is 12.0. The van der Waals surface area contributed by atoms with Crippen molar-refractivity contribution >= 4 is 0 Å². The molecule has 0 spiro atoms. The Kier molecular flexibility index (Phi) is 3.59. The van der Waals surface area contributed by atoms with Crippen molar-refractivity contribution in [3.05, 3.63) is 0 Å². The standard InChI is InChI=1S/C12H26N2/c1-10(2)14(11(3)4)9-12(7-8-12)13(5)6/h10-11H,7-9H2,1-6H3. The van der Waals surface area contributed by atoms with Crippen LogP contribution in [0.3, 0.4) is 0 Å². The minimum absolute atomic E-state index is 0.495. The summed E-state index contributed by atoms with van der Waals surface area (Å²) in [5.74, 6) is 0. The van der Waals surface area contributed by atoms with E-state index in [1.54, 1.807) is 0 Å². The second-order valence-electron chi connectivity index (χ2n) is 5.48. The summed E-state index contributed by atoms with van der Waals surface area (Å²) in [4.78, 5) is 5.01. The van der Waals surface area contributed by atoms with Gasteiger partial charge in [-0.2, -0.15) is 0 Å². The van der Waals surface area contributed by atoms with Crippen LogP contribution in [0, 0.1) is 0 Å². The van der Waals surface area contributed by atoms with Gasteiger partial charge in [0.25, 0.3) is 0 Å². The van der Waals surface area contributed by atoms with Crippen LogP contribution in [0.2, 0.25) is 0 Å². The number of rotatable bonds is 5. The van der Waals surface area contributed by atoms with Crippen LogP contribution in [0.5, 0.6) is 0 Å². The van der Waals surface area contributed by atoms with Gasteiger partial charge in [-0.3, -0.25) is 4.90 Å². The van der Waals surface area contributed by atoms with E-state index in [9.17, 15) is 0 Å². The molecule has 0 radical (unpaired) electrons. The second-order valence-corrected chi connectivity index (χ2v) is 5.48. The molecule has 1 rings (SSSR count). The van der Waals surface area contributed by atoms with E-state index in [2.05, 4.69) is 51.6 Å². The first-order valence-electron chi connectivity index (χ1n) is 5.82. The van der Waals surface area contributed by atoms with Gasteiger partial charge in [-0.05, 0) is 54.6 Å². The Bertz CT molecular complexity index is 173. The van der Waals surface area contributed by atoms with Crippen molar-refractivity contribution < 1.29 is 0 Å². The van der Waals surface area contributed by atoms with Crippen LogP contribution in [0.4, 0.5) is 0 Å². The molecule has 0 N–H and O–H groups in total. The van der Waals surface area contributed by atoms with Crippen LogP contribution in [0.25, 0.3) is 0 Å². The van der Waals surface area contributed by atoms with Gasteiger partial charge < -0.3 is 4.90 Å². The minimum Gasteiger partial charge on any atom is -0.302 e. The first-order chi connectivity index (χ1) is 6.39. The molecule has 1 aliphatic rings. The number of likely N-dealkylation sites (N-methyl/N-ethyl adjacent to an activating group) is 1. The van der Waals surface area contributed by atoms with Crippen molar-refractivity contribution in [2.75, 3.05) is 20.6 Å². The average molecular weight is 198 g/mol. The summed E-state index contributed by atoms with van der Waals surface area (Å²) >= 11 is 0. The molecule has 0 unspecified atom stereocenters. The van der Waals surface area contributed by atoms with Gasteiger partial charge >= 0.3 is 0 Å². The van der Waals surface area contributed by atoms with Gasteiger partial charge in [0.2, 0.25) is 0 Å². The Morgan fingerprint density at radius 3 is 1.64 bits per heavy atom. The van der Waals surface area contributed by atoms with Gasteiger partial charge in [0.05, 0.1) is 0 Å². The lowest BCUT2D eigenvalue weighted by Gasteiger charge is -2.36. The fraction of sp³-hybridized carbons (Fsp3) is 1.00. The highest BCUT2D eigenvalue weighted by atomic mass is 15.3. The molecule has 0 bridgehead atoms. The second kappa shape index (κ2) is 4.19. The predicted molar refractivity (Wildman–Crippen MR) is 62.6 cm³/mol. The molecule has 0 aromatic heterocycles. The highest BCUT2D eigenvalue weighted by Gasteiger charge is 2.46. The summed E-state index contributed by atoms with van der Waals surface area (Å²) in [7, 11) is 4.43. The van der Waals surface area contributed by atoms with E-state index in [0.717, 1.165) is 0 Å². The van der Waals surface area contributed by atoms with E-state index in [1.807, 2.05) is 0 Å². The van der Waals surface area contributed by atoms with Gasteiger partial charge in [0.1, 0.15) is 0 Å². The predicted octanol–water partition coefficient (Wildman–Crippen LogP) is 2.20. The molecule has 0 saturated heterocycles. The zero-order valence-corrected chi connectivity index (χ0v) is 10.7. The lowest BCUT2D eigenvalue weighted by molar-refractivity contribution is 0.112. The van der Waals surface area contributed by atoms with E-state index in [-0.39, 0.29) is 0 Å². The first-order valence-corrected chi connectivity index (χ1v) is 5.82. The molecule has 1 fully saturated rings. The molecule has 1 saturated carbocycles. The highest BCUT2D eigenvalue weighted by molar-refractivity contribution is 5.04. The maximum Gasteiger partial charge on any atom is 0.0332 e. The highest BCUT2D eigenvalue weighted by Crippen LogP contribution is 2.41. The van der Waals surface area contributed by atoms with E-state index in [0.29, 0.717) is 17.6 Å². The largest absolute Gasteiger partial charge is 0.302 e. The minimum atomic E-state index is 0.495. The molecule has 1 aliphatic carbocycles. The third kappa shape index (κ3) is 2.48. The Balaban J connectivity index is 2.56. The number of hydrogen-bond donors (Lipinski definition) is 0. The molecule has 2 heteroatoms. The Morgan fingerprint density at radius 2 is 1.43 bits per heavy atom. The molecule has 0 amide bonds. The third-order valence-electron chi connectivity index (χ3n) is 3.58. The fourth-order valence-corrected chi connectivity index (χ4v) is 2.19. The molecular formula is C12H26N2. The van der Waals surface area contributed by atoms with Crippen molar-refractivity contribution in [2.45, 2.75) is 58.2 Å². The summed E-state index contributed by atoms with van der Waals surface area (Å²) < 4.78 is 0. The number of hydrogen-bond acceptors (Lipinski definition) is 2. The molecule has 84 valence electrons. The quantitative estimate of drug-likeness (QED) is 0.668. The van der Waals surface area contributed by atoms with Gasteiger partial charge in [-0.15, -0.1) is 0 Å². The van der Waals surface area contributed by atoms with Crippen LogP contribution < -0.4 is 0 Å². The summed E-state index contributed by atoms with van der Waals surface area (Å²) in [6.45, 7) is 10.4. The molecule has 0 aliphatic heterocycles. The van der Waals surface area contributed by atoms with E-state index in [4.69, 9.17) is 0 Å². The fourth-order valence-electron chi connectivity index (χ4n) is 2.19. The van der Waals surface area contributed by atoms with Crippen molar-refractivity contribution in [3.8, 4) is 0 Å². The van der Waals surface area contributed by atoms with Crippen molar-refractivity contribution in [1.82, 2.24) is 9.80 Å². The van der Waals surface area contributed by atoms with Crippen LogP contribution >= 0.6 is 0 Å². The molecule has 0 aromatic rings. The van der Waals surface area contributed by atoms with Gasteiger partial charge in [0, 0.05) is 24.2 Å². The van der Waals surface area contributed by atoms with Crippen LogP contribution in [0.1, 0.15) is 40.5 Å². The SMILES string of the molecule is CC(C)N(CC1(N(C)C)CC1)C(C)C. The zero-order valence-electron chi connectivity index (χ0n) is 10.7. The maximum atomic E-state index is 2.60. The topological polar surface area (TPSA) is 6.48 Å². The Morgan fingerprint density at radius 1 is 1.00 bits per heavy atom. The van der Waals surface area contributed by atoms with Crippen LogP contribution in [-0.4, -0.2) is 48.1 Å². The molecule has 2 nitrogen and oxygen atoms in total. The van der Waals surface area contributed by atoms with E-state index >= 15 is 0 Å². The smallest absolute Gasteiger partial charge is 0.0332 e. The zero-order chi connectivity index (χ0) is 10.9. The summed E-state index contributed by atoms with van der Waals surface area (Å²) in [6.07, 6.45) is 2.74. The lowest BCUT2D eigenvalue weighted by atomic mass is 10.1. The lowest BCUT2D eigenvalue weighted by Crippen LogP contribution is -2.47. The molecular weight excluding hydrogens is 172 g/mol. The summed E-state index contributed by atoms with van der Waals surface area (Å²) in [5.41, 5.74) is 0.495. The van der Waals surface area contributed by atoms with E-state index < -0.39 is 0 Å².